The van der Waals surface area contributed by atoms with E-state index >= 15 is 0 Å². The maximum Gasteiger partial charge on any atom is 0.334 e. The minimum absolute atomic E-state index is 0.0731. The smallest absolute Gasteiger partial charge is 0.334 e. The lowest BCUT2D eigenvalue weighted by molar-refractivity contribution is -0.187. The second-order valence-electron chi connectivity index (χ2n) is 11.2. The van der Waals surface area contributed by atoms with Crippen LogP contribution in [0.5, 0.6) is 0 Å². The lowest BCUT2D eigenvalue weighted by atomic mass is 9.89. The van der Waals surface area contributed by atoms with Gasteiger partial charge in [0.25, 0.3) is 0 Å². The summed E-state index contributed by atoms with van der Waals surface area (Å²) in [4.78, 5) is 45.1. The molecule has 3 atom stereocenters. The van der Waals surface area contributed by atoms with Crippen LogP contribution in [0, 0.1) is 5.82 Å². The molecule has 2 aliphatic heterocycles. The number of allylic oxidation sites excluding steroid dienone is 4. The van der Waals surface area contributed by atoms with Crippen molar-refractivity contribution in [2.24, 2.45) is 0 Å². The Morgan fingerprint density at radius 1 is 1.00 bits per heavy atom. The highest BCUT2D eigenvalue weighted by Crippen LogP contribution is 2.36. The Hall–Kier alpha value is -5.02. The summed E-state index contributed by atoms with van der Waals surface area (Å²) in [6.45, 7) is 6.80. The van der Waals surface area contributed by atoms with Gasteiger partial charge in [-0.3, -0.25) is 9.59 Å². The van der Waals surface area contributed by atoms with E-state index in [1.54, 1.807) is 34.0 Å². The third-order valence-corrected chi connectivity index (χ3v) is 8.18. The maximum absolute atomic E-state index is 14.4. The van der Waals surface area contributed by atoms with Crippen molar-refractivity contribution in [2.45, 2.75) is 31.6 Å². The van der Waals surface area contributed by atoms with E-state index in [9.17, 15) is 18.8 Å². The zero-order chi connectivity index (χ0) is 31.9. The molecule has 0 spiro atoms. The first-order valence-electron chi connectivity index (χ1n) is 15.0. The summed E-state index contributed by atoms with van der Waals surface area (Å²) < 4.78 is 13.4. The second kappa shape index (κ2) is 14.2. The summed E-state index contributed by atoms with van der Waals surface area (Å²) in [5, 5.41) is 6.02. The number of likely N-dealkylation sites (N-methyl/N-ethyl adjacent to an activating group) is 1. The van der Waals surface area contributed by atoms with Crippen LogP contribution in [0.3, 0.4) is 0 Å². The maximum atomic E-state index is 14.4. The summed E-state index contributed by atoms with van der Waals surface area (Å²) in [5.74, 6) is -1.04. The minimum Gasteiger partial charge on any atom is -0.336 e. The molecule has 2 heterocycles. The molecule has 2 aliphatic rings. The first-order valence-corrected chi connectivity index (χ1v) is 15.0. The number of nitrogens with one attached hydrogen (secondary N) is 1. The molecule has 0 saturated carbocycles. The summed E-state index contributed by atoms with van der Waals surface area (Å²) in [6, 6.07) is 23.7. The van der Waals surface area contributed by atoms with Crippen molar-refractivity contribution in [2.75, 3.05) is 26.7 Å². The summed E-state index contributed by atoms with van der Waals surface area (Å²) in [6.07, 6.45) is 6.96. The number of hydrazine groups is 1. The highest BCUT2D eigenvalue weighted by atomic mass is 19.1. The van der Waals surface area contributed by atoms with Gasteiger partial charge in [0.1, 0.15) is 18.0 Å². The van der Waals surface area contributed by atoms with E-state index in [2.05, 4.69) is 11.9 Å². The van der Waals surface area contributed by atoms with Crippen molar-refractivity contribution in [1.29, 1.82) is 0 Å². The zero-order valence-corrected chi connectivity index (χ0v) is 25.6. The Kier molecular flexibility index (Phi) is 9.89. The van der Waals surface area contributed by atoms with Crippen molar-refractivity contribution in [1.82, 2.24) is 25.1 Å². The Labute approximate surface area is 263 Å². The van der Waals surface area contributed by atoms with Gasteiger partial charge in [0, 0.05) is 26.1 Å². The highest BCUT2D eigenvalue weighted by molar-refractivity contribution is 5.92. The standard InChI is InChI=1S/C36H38FN5O3/c1-4-5-8-13-26(2)31(28-14-9-6-10-15-28)23-40-24-32-41(34(35(40)44)29-16-11-7-12-17-29)33(43)25-39(3)42(32)36(45)38-22-27-18-20-30(37)21-19-27/h4-21,31-32,34H,2,22-25H2,1,3H3,(H,38,45)/b5-4-,13-8-/t31?,32-,34-/m0/s1. The molecule has 0 aliphatic carbocycles. The number of carbonyl (C=O) groups is 3. The molecule has 0 radical (unpaired) electrons. The van der Waals surface area contributed by atoms with Crippen LogP contribution in [0.2, 0.25) is 0 Å². The molecule has 0 bridgehead atoms. The van der Waals surface area contributed by atoms with Crippen molar-refractivity contribution in [3.8, 4) is 0 Å². The largest absolute Gasteiger partial charge is 0.336 e. The average molecular weight is 608 g/mol. The predicted molar refractivity (Wildman–Crippen MR) is 172 cm³/mol. The molecule has 45 heavy (non-hydrogen) atoms. The molecule has 5 rings (SSSR count). The van der Waals surface area contributed by atoms with Crippen LogP contribution in [0.25, 0.3) is 0 Å². The van der Waals surface area contributed by atoms with E-state index in [-0.39, 0.29) is 43.2 Å². The molecule has 1 unspecified atom stereocenters. The van der Waals surface area contributed by atoms with Crippen molar-refractivity contribution < 1.29 is 18.8 Å². The zero-order valence-electron chi connectivity index (χ0n) is 25.6. The first-order chi connectivity index (χ1) is 21.8. The van der Waals surface area contributed by atoms with E-state index < -0.39 is 18.2 Å². The predicted octanol–water partition coefficient (Wildman–Crippen LogP) is 5.41. The van der Waals surface area contributed by atoms with Crippen LogP contribution in [-0.4, -0.2) is 70.5 Å². The molecule has 4 amide bonds. The third kappa shape index (κ3) is 7.05. The molecular weight excluding hydrogens is 569 g/mol. The SMILES string of the molecule is C=C(/C=C\C=C/C)C(CN1C[C@H]2N(C(=O)CN(C)N2C(=O)NCc2ccc(F)cc2)[C@@H](c2ccccc2)C1=O)c1ccccc1. The molecule has 0 aromatic heterocycles. The van der Waals surface area contributed by atoms with Crippen molar-refractivity contribution in [3.05, 3.63) is 144 Å². The van der Waals surface area contributed by atoms with Gasteiger partial charge >= 0.3 is 6.03 Å². The Morgan fingerprint density at radius 3 is 2.33 bits per heavy atom. The highest BCUT2D eigenvalue weighted by Gasteiger charge is 2.51. The van der Waals surface area contributed by atoms with Gasteiger partial charge in [-0.25, -0.2) is 19.2 Å². The van der Waals surface area contributed by atoms with Crippen LogP contribution < -0.4 is 5.32 Å². The summed E-state index contributed by atoms with van der Waals surface area (Å²) >= 11 is 0. The number of nitrogens with zero attached hydrogens (tertiary/aromatic N) is 4. The molecule has 3 aromatic carbocycles. The van der Waals surface area contributed by atoms with Crippen LogP contribution in [0.4, 0.5) is 9.18 Å². The van der Waals surface area contributed by atoms with Gasteiger partial charge in [0.15, 0.2) is 0 Å². The fraction of sp³-hybridized carbons (Fsp3) is 0.250. The van der Waals surface area contributed by atoms with E-state index in [0.29, 0.717) is 12.1 Å². The van der Waals surface area contributed by atoms with E-state index in [1.807, 2.05) is 91.9 Å². The van der Waals surface area contributed by atoms with Crippen LogP contribution >= 0.6 is 0 Å². The number of urea groups is 1. The molecule has 2 fully saturated rings. The third-order valence-electron chi connectivity index (χ3n) is 8.18. The van der Waals surface area contributed by atoms with Crippen molar-refractivity contribution in [3.63, 3.8) is 0 Å². The minimum atomic E-state index is -0.915. The molecule has 2 saturated heterocycles. The number of hydrogen-bond donors (Lipinski definition) is 1. The second-order valence-corrected chi connectivity index (χ2v) is 11.2. The molecule has 8 nitrogen and oxygen atoms in total. The van der Waals surface area contributed by atoms with Gasteiger partial charge in [-0.2, -0.15) is 0 Å². The van der Waals surface area contributed by atoms with Crippen LogP contribution in [-0.2, 0) is 16.1 Å². The normalized spacial score (nSPS) is 19.7. The van der Waals surface area contributed by atoms with Gasteiger partial charge in [-0.05, 0) is 41.3 Å². The summed E-state index contributed by atoms with van der Waals surface area (Å²) in [7, 11) is 1.69. The molecule has 3 aromatic rings. The molecular formula is C36H38FN5O3. The number of hydrogen-bond acceptors (Lipinski definition) is 4. The van der Waals surface area contributed by atoms with Gasteiger partial charge in [-0.15, -0.1) is 0 Å². The van der Waals surface area contributed by atoms with Gasteiger partial charge in [0.05, 0.1) is 13.1 Å². The number of carbonyl (C=O) groups excluding carboxylic acids is 3. The Bertz CT molecular complexity index is 1580. The number of benzene rings is 3. The molecule has 1 N–H and O–H groups in total. The topological polar surface area (TPSA) is 76.2 Å². The van der Waals surface area contributed by atoms with Crippen molar-refractivity contribution >= 4 is 17.8 Å². The lowest BCUT2D eigenvalue weighted by Crippen LogP contribution is -2.74. The van der Waals surface area contributed by atoms with E-state index in [4.69, 9.17) is 0 Å². The molecule has 9 heteroatoms. The Morgan fingerprint density at radius 2 is 1.67 bits per heavy atom. The number of rotatable bonds is 9. The average Bonchev–Trinajstić information content (AvgIpc) is 3.04. The number of halogens is 1. The number of piperazine rings is 1. The van der Waals surface area contributed by atoms with Gasteiger partial charge in [-0.1, -0.05) is 104 Å². The van der Waals surface area contributed by atoms with E-state index in [1.165, 1.54) is 17.1 Å². The van der Waals surface area contributed by atoms with Crippen LogP contribution in [0.15, 0.2) is 121 Å². The quantitative estimate of drug-likeness (QED) is 0.330. The lowest BCUT2D eigenvalue weighted by Gasteiger charge is -2.54. The fourth-order valence-electron chi connectivity index (χ4n) is 5.93. The van der Waals surface area contributed by atoms with Crippen LogP contribution in [0.1, 0.15) is 35.6 Å². The van der Waals surface area contributed by atoms with Gasteiger partial charge < -0.3 is 15.1 Å². The van der Waals surface area contributed by atoms with Gasteiger partial charge in [0.2, 0.25) is 11.8 Å². The Balaban J connectivity index is 1.50. The first kappa shape index (κ1) is 31.4. The monoisotopic (exact) mass is 607 g/mol. The summed E-state index contributed by atoms with van der Waals surface area (Å²) in [5.41, 5.74) is 3.24. The van der Waals surface area contributed by atoms with E-state index in [0.717, 1.165) is 16.7 Å². The molecule has 232 valence electrons. The fourth-order valence-corrected chi connectivity index (χ4v) is 5.93. The number of fused-ring (bicyclic) bond motifs is 1. The number of amides is 4.